The number of pyridine rings is 2. The molecule has 1 aliphatic rings. The molecule has 9 heteroatoms. The van der Waals surface area contributed by atoms with E-state index in [1.165, 1.54) is 0 Å². The largest absolute Gasteiger partial charge is 0.352 e. The maximum Gasteiger partial charge on any atom is 0.252 e. The maximum absolute atomic E-state index is 13.4. The summed E-state index contributed by atoms with van der Waals surface area (Å²) in [5, 5.41) is 3.57. The third-order valence-electron chi connectivity index (χ3n) is 7.21. The Labute approximate surface area is 220 Å². The molecule has 0 bridgehead atoms. The Morgan fingerprint density at radius 2 is 1.78 bits per heavy atom. The summed E-state index contributed by atoms with van der Waals surface area (Å²) in [4.78, 5) is 24.7. The van der Waals surface area contributed by atoms with Gasteiger partial charge in [0.25, 0.3) is 5.91 Å². The van der Waals surface area contributed by atoms with Crippen LogP contribution < -0.4 is 5.32 Å². The van der Waals surface area contributed by atoms with Gasteiger partial charge in [-0.15, -0.1) is 0 Å². The van der Waals surface area contributed by atoms with Gasteiger partial charge in [0.05, 0.1) is 21.7 Å². The number of hydrogen-bond donors (Lipinski definition) is 1. The van der Waals surface area contributed by atoms with Crippen LogP contribution in [0.15, 0.2) is 53.7 Å². The Bertz CT molecular complexity index is 1320. The average Bonchev–Trinajstić information content (AvgIpc) is 2.92. The van der Waals surface area contributed by atoms with Crippen molar-refractivity contribution in [1.29, 1.82) is 0 Å². The second-order valence-electron chi connectivity index (χ2n) is 9.69. The van der Waals surface area contributed by atoms with Crippen LogP contribution in [0.5, 0.6) is 0 Å². The summed E-state index contributed by atoms with van der Waals surface area (Å²) in [7, 11) is -3.66. The third kappa shape index (κ3) is 6.34. The summed E-state index contributed by atoms with van der Waals surface area (Å²) >= 11 is 0. The Morgan fingerprint density at radius 1 is 1.08 bits per heavy atom. The van der Waals surface area contributed by atoms with Crippen LogP contribution in [0.2, 0.25) is 0 Å². The van der Waals surface area contributed by atoms with Gasteiger partial charge in [-0.25, -0.2) is 13.4 Å². The molecule has 0 saturated carbocycles. The van der Waals surface area contributed by atoms with Gasteiger partial charge in [-0.05, 0) is 81.2 Å². The van der Waals surface area contributed by atoms with Gasteiger partial charge in [-0.2, -0.15) is 4.31 Å². The van der Waals surface area contributed by atoms with Crippen molar-refractivity contribution in [3.8, 4) is 11.3 Å². The Hall–Kier alpha value is -2.88. The van der Waals surface area contributed by atoms with E-state index in [9.17, 15) is 13.2 Å². The van der Waals surface area contributed by atoms with Crippen molar-refractivity contribution in [3.05, 3.63) is 54.4 Å². The fraction of sp³-hybridized carbons (Fsp3) is 0.464. The zero-order valence-corrected chi connectivity index (χ0v) is 22.8. The highest BCUT2D eigenvalue weighted by molar-refractivity contribution is 7.89. The molecule has 3 heterocycles. The second kappa shape index (κ2) is 12.1. The first-order chi connectivity index (χ1) is 17.8. The van der Waals surface area contributed by atoms with Gasteiger partial charge < -0.3 is 10.2 Å². The van der Waals surface area contributed by atoms with Gasteiger partial charge in [-0.1, -0.05) is 20.8 Å². The number of benzene rings is 1. The van der Waals surface area contributed by atoms with Crippen molar-refractivity contribution in [2.24, 2.45) is 5.92 Å². The molecule has 0 atom stereocenters. The number of rotatable bonds is 10. The lowest BCUT2D eigenvalue weighted by molar-refractivity contribution is 0.0953. The van der Waals surface area contributed by atoms with Gasteiger partial charge in [0.15, 0.2) is 0 Å². The van der Waals surface area contributed by atoms with Crippen LogP contribution in [-0.2, 0) is 10.0 Å². The predicted molar refractivity (Wildman–Crippen MR) is 147 cm³/mol. The minimum atomic E-state index is -3.66. The van der Waals surface area contributed by atoms with E-state index in [2.05, 4.69) is 36.0 Å². The van der Waals surface area contributed by atoms with E-state index >= 15 is 0 Å². The fourth-order valence-electron chi connectivity index (χ4n) is 4.74. The number of aromatic nitrogens is 2. The summed E-state index contributed by atoms with van der Waals surface area (Å²) in [5.74, 6) is 0.291. The number of amides is 1. The first-order valence-electron chi connectivity index (χ1n) is 13.2. The molecule has 0 spiro atoms. The van der Waals surface area contributed by atoms with Gasteiger partial charge in [0.1, 0.15) is 0 Å². The molecule has 1 saturated heterocycles. The predicted octanol–water partition coefficient (Wildman–Crippen LogP) is 4.18. The van der Waals surface area contributed by atoms with E-state index in [0.717, 1.165) is 44.5 Å². The van der Waals surface area contributed by atoms with Crippen molar-refractivity contribution < 1.29 is 13.2 Å². The molecular formula is C28H37N5O3S. The molecule has 1 N–H and O–H groups in total. The summed E-state index contributed by atoms with van der Waals surface area (Å²) in [6.07, 6.45) is 5.91. The molecule has 0 aliphatic carbocycles. The first-order valence-corrected chi connectivity index (χ1v) is 14.6. The Balaban J connectivity index is 1.68. The standard InChI is InChI=1S/C28H37N5O3S/c1-4-32(5-2)16-6-13-30-28(34)25-20-27(22-9-14-29-15-10-22)31-26-8-7-23(19-24(25)26)37(35,36)33-17-11-21(3)12-18-33/h7-10,14-15,19-21H,4-6,11-13,16-18H2,1-3H3,(H,30,34). The second-order valence-corrected chi connectivity index (χ2v) is 11.6. The van der Waals surface area contributed by atoms with Crippen LogP contribution in [0.4, 0.5) is 0 Å². The van der Waals surface area contributed by atoms with E-state index in [-0.39, 0.29) is 10.8 Å². The van der Waals surface area contributed by atoms with Crippen molar-refractivity contribution in [2.75, 3.05) is 39.3 Å². The molecule has 1 aromatic carbocycles. The normalized spacial score (nSPS) is 15.4. The zero-order chi connectivity index (χ0) is 26.4. The highest BCUT2D eigenvalue weighted by atomic mass is 32.2. The summed E-state index contributed by atoms with van der Waals surface area (Å²) in [6, 6.07) is 10.3. The Morgan fingerprint density at radius 3 is 2.46 bits per heavy atom. The van der Waals surface area contributed by atoms with E-state index in [4.69, 9.17) is 4.98 Å². The van der Waals surface area contributed by atoms with Crippen LogP contribution in [0.25, 0.3) is 22.2 Å². The molecule has 198 valence electrons. The summed E-state index contributed by atoms with van der Waals surface area (Å²) < 4.78 is 28.4. The van der Waals surface area contributed by atoms with Crippen LogP contribution in [-0.4, -0.2) is 72.8 Å². The van der Waals surface area contributed by atoms with Crippen LogP contribution >= 0.6 is 0 Å². The highest BCUT2D eigenvalue weighted by Crippen LogP contribution is 2.29. The van der Waals surface area contributed by atoms with Crippen molar-refractivity contribution in [1.82, 2.24) is 24.5 Å². The summed E-state index contributed by atoms with van der Waals surface area (Å²) in [6.45, 7) is 10.8. The highest BCUT2D eigenvalue weighted by Gasteiger charge is 2.29. The van der Waals surface area contributed by atoms with Gasteiger partial charge in [0.2, 0.25) is 10.0 Å². The number of nitrogens with one attached hydrogen (secondary N) is 1. The molecule has 4 rings (SSSR count). The fourth-order valence-corrected chi connectivity index (χ4v) is 6.23. The molecule has 0 radical (unpaired) electrons. The monoisotopic (exact) mass is 523 g/mol. The average molecular weight is 524 g/mol. The van der Waals surface area contributed by atoms with Gasteiger partial charge in [-0.3, -0.25) is 9.78 Å². The Kier molecular flexibility index (Phi) is 8.89. The third-order valence-corrected chi connectivity index (χ3v) is 9.11. The van der Waals surface area contributed by atoms with Gasteiger partial charge >= 0.3 is 0 Å². The lowest BCUT2D eigenvalue weighted by atomic mass is 10.0. The van der Waals surface area contributed by atoms with Gasteiger partial charge in [0, 0.05) is 43.0 Å². The molecule has 8 nitrogen and oxygen atoms in total. The van der Waals surface area contributed by atoms with Crippen LogP contribution in [0.1, 0.15) is 50.4 Å². The van der Waals surface area contributed by atoms with E-state index in [1.54, 1.807) is 41.0 Å². The van der Waals surface area contributed by atoms with E-state index in [0.29, 0.717) is 47.7 Å². The first kappa shape index (κ1) is 27.2. The minimum absolute atomic E-state index is 0.198. The molecule has 0 unspecified atom stereocenters. The molecule has 2 aromatic heterocycles. The molecule has 1 fully saturated rings. The van der Waals surface area contributed by atoms with Crippen molar-refractivity contribution >= 4 is 26.8 Å². The van der Waals surface area contributed by atoms with Crippen molar-refractivity contribution in [2.45, 2.75) is 44.9 Å². The smallest absolute Gasteiger partial charge is 0.252 e. The van der Waals surface area contributed by atoms with Crippen molar-refractivity contribution in [3.63, 3.8) is 0 Å². The number of fused-ring (bicyclic) bond motifs is 1. The van der Waals surface area contributed by atoms with E-state index in [1.807, 2.05) is 12.1 Å². The lowest BCUT2D eigenvalue weighted by Gasteiger charge is -2.29. The van der Waals surface area contributed by atoms with Crippen LogP contribution in [0.3, 0.4) is 0 Å². The number of carbonyl (C=O) groups excluding carboxylic acids is 1. The molecule has 1 amide bonds. The number of piperidine rings is 1. The molecule has 1 aliphatic heterocycles. The van der Waals surface area contributed by atoms with Crippen LogP contribution in [0, 0.1) is 5.92 Å². The lowest BCUT2D eigenvalue weighted by Crippen LogP contribution is -2.37. The zero-order valence-electron chi connectivity index (χ0n) is 22.0. The quantitative estimate of drug-likeness (QED) is 0.401. The number of sulfonamides is 1. The number of carbonyl (C=O) groups is 1. The molecule has 3 aromatic rings. The molecule has 37 heavy (non-hydrogen) atoms. The number of hydrogen-bond acceptors (Lipinski definition) is 6. The number of nitrogens with zero attached hydrogens (tertiary/aromatic N) is 4. The SMILES string of the molecule is CCN(CC)CCCNC(=O)c1cc(-c2ccncc2)nc2ccc(S(=O)(=O)N3CCC(C)CC3)cc12. The molecular weight excluding hydrogens is 486 g/mol. The minimum Gasteiger partial charge on any atom is -0.352 e. The summed E-state index contributed by atoms with van der Waals surface area (Å²) in [5.41, 5.74) is 2.48. The van der Waals surface area contributed by atoms with E-state index < -0.39 is 10.0 Å². The topological polar surface area (TPSA) is 95.5 Å². The maximum atomic E-state index is 13.4.